The van der Waals surface area contributed by atoms with E-state index >= 15 is 0 Å². The van der Waals surface area contributed by atoms with Gasteiger partial charge in [-0.25, -0.2) is 9.38 Å². The molecule has 108 valence electrons. The van der Waals surface area contributed by atoms with Gasteiger partial charge >= 0.3 is 0 Å². The quantitative estimate of drug-likeness (QED) is 0.812. The van der Waals surface area contributed by atoms with Crippen LogP contribution >= 0.6 is 0 Å². The van der Waals surface area contributed by atoms with Crippen LogP contribution in [0.25, 0.3) is 0 Å². The number of nitrogen functional groups attached to an aromatic ring is 1. The van der Waals surface area contributed by atoms with Crippen LogP contribution in [0, 0.1) is 12.7 Å². The van der Waals surface area contributed by atoms with Gasteiger partial charge in [-0.05, 0) is 56.7 Å². The number of nitrogens with zero attached hydrogens (tertiary/aromatic N) is 1. The van der Waals surface area contributed by atoms with Gasteiger partial charge in [-0.2, -0.15) is 0 Å². The first-order valence-corrected chi connectivity index (χ1v) is 6.81. The second-order valence-corrected chi connectivity index (χ2v) is 5.73. The summed E-state index contributed by atoms with van der Waals surface area (Å²) in [4.78, 5) is 4.66. The topological polar surface area (TPSA) is 47.6 Å². The molecule has 3 nitrogen and oxygen atoms in total. The lowest BCUT2D eigenvalue weighted by Gasteiger charge is -2.30. The molecule has 0 bridgehead atoms. The maximum absolute atomic E-state index is 13.5. The molecule has 1 aliphatic heterocycles. The van der Waals surface area contributed by atoms with Crippen molar-refractivity contribution in [2.24, 2.45) is 4.99 Å². The molecule has 1 heterocycles. The van der Waals surface area contributed by atoms with E-state index in [4.69, 9.17) is 10.5 Å². The number of benzene rings is 2. The zero-order valence-corrected chi connectivity index (χ0v) is 12.3. The highest BCUT2D eigenvalue weighted by Crippen LogP contribution is 2.34. The number of halogens is 1. The molecule has 2 N–H and O–H groups in total. The van der Waals surface area contributed by atoms with Crippen molar-refractivity contribution >= 4 is 11.4 Å². The van der Waals surface area contributed by atoms with Crippen molar-refractivity contribution in [3.8, 4) is 5.75 Å². The first kappa shape index (κ1) is 13.6. The monoisotopic (exact) mass is 284 g/mol. The van der Waals surface area contributed by atoms with Gasteiger partial charge in [-0.3, -0.25) is 0 Å². The molecule has 2 aromatic rings. The Morgan fingerprint density at radius 1 is 1.14 bits per heavy atom. The van der Waals surface area contributed by atoms with Crippen molar-refractivity contribution < 1.29 is 9.13 Å². The third-order valence-electron chi connectivity index (χ3n) is 3.43. The standard InChI is InChI=1S/C17H17FN2O/c1-10-8-11(4-7-14(10)18)16-13-6-5-12(19)9-15(13)21-17(2,3)20-16/h4-9H,19H2,1-3H3. The molecular weight excluding hydrogens is 267 g/mol. The number of hydrogen-bond donors (Lipinski definition) is 1. The van der Waals surface area contributed by atoms with E-state index in [2.05, 4.69) is 4.99 Å². The Hall–Kier alpha value is -2.36. The van der Waals surface area contributed by atoms with Gasteiger partial charge in [0.15, 0.2) is 5.72 Å². The van der Waals surface area contributed by atoms with Gasteiger partial charge in [0.25, 0.3) is 0 Å². The first-order valence-electron chi connectivity index (χ1n) is 6.81. The van der Waals surface area contributed by atoms with E-state index in [1.165, 1.54) is 6.07 Å². The van der Waals surface area contributed by atoms with Gasteiger partial charge in [0.1, 0.15) is 11.6 Å². The summed E-state index contributed by atoms with van der Waals surface area (Å²) in [5.74, 6) is 0.482. The highest BCUT2D eigenvalue weighted by molar-refractivity contribution is 6.15. The molecule has 0 aliphatic carbocycles. The van der Waals surface area contributed by atoms with Gasteiger partial charge in [0.2, 0.25) is 0 Å². The van der Waals surface area contributed by atoms with Crippen LogP contribution in [0.5, 0.6) is 5.75 Å². The van der Waals surface area contributed by atoms with Crippen molar-refractivity contribution in [2.45, 2.75) is 26.5 Å². The van der Waals surface area contributed by atoms with E-state index < -0.39 is 5.72 Å². The normalized spacial score (nSPS) is 15.9. The minimum absolute atomic E-state index is 0.219. The molecule has 2 aromatic carbocycles. The van der Waals surface area contributed by atoms with Gasteiger partial charge in [0, 0.05) is 22.9 Å². The van der Waals surface area contributed by atoms with Crippen molar-refractivity contribution in [1.29, 1.82) is 0 Å². The number of anilines is 1. The van der Waals surface area contributed by atoms with E-state index in [-0.39, 0.29) is 5.82 Å². The van der Waals surface area contributed by atoms with Crippen LogP contribution in [0.3, 0.4) is 0 Å². The average Bonchev–Trinajstić information content (AvgIpc) is 2.39. The first-order chi connectivity index (χ1) is 9.85. The summed E-state index contributed by atoms with van der Waals surface area (Å²) in [7, 11) is 0. The number of aliphatic imine (C=N–C) groups is 1. The largest absolute Gasteiger partial charge is 0.466 e. The minimum atomic E-state index is -0.682. The number of hydrogen-bond acceptors (Lipinski definition) is 3. The van der Waals surface area contributed by atoms with Gasteiger partial charge in [0.05, 0.1) is 5.71 Å². The summed E-state index contributed by atoms with van der Waals surface area (Å²) in [5.41, 5.74) is 8.92. The molecular formula is C17H17FN2O. The molecule has 0 fully saturated rings. The number of nitrogens with two attached hydrogens (primary N) is 1. The molecule has 21 heavy (non-hydrogen) atoms. The second kappa shape index (κ2) is 4.58. The molecule has 0 amide bonds. The zero-order valence-electron chi connectivity index (χ0n) is 12.3. The minimum Gasteiger partial charge on any atom is -0.466 e. The molecule has 0 atom stereocenters. The van der Waals surface area contributed by atoms with Crippen LogP contribution in [0.1, 0.15) is 30.5 Å². The van der Waals surface area contributed by atoms with Crippen LogP contribution < -0.4 is 10.5 Å². The molecule has 0 spiro atoms. The summed E-state index contributed by atoms with van der Waals surface area (Å²) >= 11 is 0. The summed E-state index contributed by atoms with van der Waals surface area (Å²) in [6.07, 6.45) is 0. The predicted molar refractivity (Wildman–Crippen MR) is 82.3 cm³/mol. The Morgan fingerprint density at radius 2 is 1.90 bits per heavy atom. The number of fused-ring (bicyclic) bond motifs is 1. The SMILES string of the molecule is Cc1cc(C2=NC(C)(C)Oc3cc(N)ccc32)ccc1F. The Bertz CT molecular complexity index is 750. The van der Waals surface area contributed by atoms with Crippen molar-refractivity contribution in [3.63, 3.8) is 0 Å². The van der Waals surface area contributed by atoms with E-state index in [1.807, 2.05) is 26.0 Å². The van der Waals surface area contributed by atoms with E-state index in [0.29, 0.717) is 17.0 Å². The number of ether oxygens (including phenoxy) is 1. The molecule has 0 aromatic heterocycles. The Balaban J connectivity index is 2.20. The van der Waals surface area contributed by atoms with Crippen LogP contribution in [0.4, 0.5) is 10.1 Å². The van der Waals surface area contributed by atoms with E-state index in [1.54, 1.807) is 25.1 Å². The smallest absolute Gasteiger partial charge is 0.195 e. The van der Waals surface area contributed by atoms with Gasteiger partial charge in [-0.15, -0.1) is 0 Å². The van der Waals surface area contributed by atoms with Crippen LogP contribution in [0.15, 0.2) is 41.4 Å². The van der Waals surface area contributed by atoms with Gasteiger partial charge < -0.3 is 10.5 Å². The fourth-order valence-corrected chi connectivity index (χ4v) is 2.45. The summed E-state index contributed by atoms with van der Waals surface area (Å²) in [6.45, 7) is 5.51. The molecule has 0 unspecified atom stereocenters. The second-order valence-electron chi connectivity index (χ2n) is 5.73. The highest BCUT2D eigenvalue weighted by Gasteiger charge is 2.28. The van der Waals surface area contributed by atoms with Crippen LogP contribution in [-0.4, -0.2) is 11.4 Å². The molecule has 3 rings (SSSR count). The Kier molecular flexibility index (Phi) is 2.97. The third kappa shape index (κ3) is 2.49. The number of aryl methyl sites for hydroxylation is 1. The summed E-state index contributed by atoms with van der Waals surface area (Å²) in [6, 6.07) is 10.5. The third-order valence-corrected chi connectivity index (χ3v) is 3.43. The maximum Gasteiger partial charge on any atom is 0.195 e. The fourth-order valence-electron chi connectivity index (χ4n) is 2.45. The van der Waals surface area contributed by atoms with E-state index in [9.17, 15) is 4.39 Å². The van der Waals surface area contributed by atoms with Crippen molar-refractivity contribution in [2.75, 3.05) is 5.73 Å². The molecule has 0 saturated carbocycles. The Labute approximate surface area is 123 Å². The fraction of sp³-hybridized carbons (Fsp3) is 0.235. The zero-order chi connectivity index (χ0) is 15.2. The highest BCUT2D eigenvalue weighted by atomic mass is 19.1. The molecule has 0 radical (unpaired) electrons. The van der Waals surface area contributed by atoms with Crippen LogP contribution in [0.2, 0.25) is 0 Å². The average molecular weight is 284 g/mol. The lowest BCUT2D eigenvalue weighted by Crippen LogP contribution is -2.32. The van der Waals surface area contributed by atoms with Crippen LogP contribution in [-0.2, 0) is 0 Å². The molecule has 4 heteroatoms. The summed E-state index contributed by atoms with van der Waals surface area (Å²) in [5, 5.41) is 0. The lowest BCUT2D eigenvalue weighted by atomic mass is 9.97. The van der Waals surface area contributed by atoms with Crippen molar-refractivity contribution in [1.82, 2.24) is 0 Å². The maximum atomic E-state index is 13.5. The Morgan fingerprint density at radius 3 is 2.62 bits per heavy atom. The summed E-state index contributed by atoms with van der Waals surface area (Å²) < 4.78 is 19.3. The van der Waals surface area contributed by atoms with Gasteiger partial charge in [-0.1, -0.05) is 0 Å². The number of rotatable bonds is 1. The van der Waals surface area contributed by atoms with E-state index in [0.717, 1.165) is 16.8 Å². The molecule has 0 saturated heterocycles. The van der Waals surface area contributed by atoms with Crippen molar-refractivity contribution in [3.05, 3.63) is 58.9 Å². The lowest BCUT2D eigenvalue weighted by molar-refractivity contribution is 0.115. The molecule has 1 aliphatic rings. The predicted octanol–water partition coefficient (Wildman–Crippen LogP) is 3.68.